The van der Waals surface area contributed by atoms with Crippen molar-refractivity contribution in [1.82, 2.24) is 9.78 Å². The quantitative estimate of drug-likeness (QED) is 0.797. The van der Waals surface area contributed by atoms with Gasteiger partial charge in [0.2, 0.25) is 5.91 Å². The molecule has 104 valence electrons. The molecule has 1 aliphatic rings. The van der Waals surface area contributed by atoms with Crippen LogP contribution in [0.1, 0.15) is 6.92 Å². The Morgan fingerprint density at radius 3 is 2.80 bits per heavy atom. The van der Waals surface area contributed by atoms with Gasteiger partial charge in [0.1, 0.15) is 5.75 Å². The summed E-state index contributed by atoms with van der Waals surface area (Å²) in [6.07, 6.45) is 3.76. The number of carbonyl (C=O) groups is 1. The monoisotopic (exact) mass is 271 g/mol. The summed E-state index contributed by atoms with van der Waals surface area (Å²) >= 11 is 0. The van der Waals surface area contributed by atoms with Crippen molar-refractivity contribution in [2.24, 2.45) is 13.0 Å². The van der Waals surface area contributed by atoms with E-state index in [9.17, 15) is 4.79 Å². The molecule has 0 saturated heterocycles. The molecule has 0 aliphatic carbocycles. The highest BCUT2D eigenvalue weighted by atomic mass is 16.5. The van der Waals surface area contributed by atoms with E-state index in [-0.39, 0.29) is 11.8 Å². The highest BCUT2D eigenvalue weighted by Crippen LogP contribution is 2.35. The van der Waals surface area contributed by atoms with Gasteiger partial charge in [0, 0.05) is 25.9 Å². The summed E-state index contributed by atoms with van der Waals surface area (Å²) in [6, 6.07) is 5.88. The first-order valence-electron chi connectivity index (χ1n) is 6.59. The molecule has 0 bridgehead atoms. The molecular formula is C15H17N3O2. The number of aryl methyl sites for hydroxylation is 1. The summed E-state index contributed by atoms with van der Waals surface area (Å²) in [4.78, 5) is 13.9. The highest BCUT2D eigenvalue weighted by molar-refractivity contribution is 5.97. The Morgan fingerprint density at radius 1 is 1.30 bits per heavy atom. The van der Waals surface area contributed by atoms with Crippen molar-refractivity contribution in [2.75, 3.05) is 18.6 Å². The topological polar surface area (TPSA) is 47.4 Å². The lowest BCUT2D eigenvalue weighted by Gasteiger charge is -2.18. The van der Waals surface area contributed by atoms with Gasteiger partial charge in [-0.1, -0.05) is 13.0 Å². The number of anilines is 1. The van der Waals surface area contributed by atoms with E-state index in [0.717, 1.165) is 22.6 Å². The van der Waals surface area contributed by atoms with Crippen LogP contribution in [0.5, 0.6) is 5.75 Å². The van der Waals surface area contributed by atoms with Crippen LogP contribution in [0.3, 0.4) is 0 Å². The summed E-state index contributed by atoms with van der Waals surface area (Å²) < 4.78 is 7.47. The van der Waals surface area contributed by atoms with E-state index in [1.54, 1.807) is 16.6 Å². The van der Waals surface area contributed by atoms with Gasteiger partial charge in [-0.15, -0.1) is 0 Å². The average Bonchev–Trinajstić information content (AvgIpc) is 2.85. The molecule has 0 fully saturated rings. The third-order valence-corrected chi connectivity index (χ3v) is 3.60. The molecule has 5 nitrogen and oxygen atoms in total. The first-order valence-corrected chi connectivity index (χ1v) is 6.59. The third kappa shape index (κ3) is 2.05. The summed E-state index contributed by atoms with van der Waals surface area (Å²) in [6.45, 7) is 2.30. The predicted molar refractivity (Wildman–Crippen MR) is 76.7 cm³/mol. The van der Waals surface area contributed by atoms with Crippen LogP contribution in [0.2, 0.25) is 0 Å². The molecule has 5 heteroatoms. The molecule has 0 unspecified atom stereocenters. The van der Waals surface area contributed by atoms with E-state index in [1.165, 1.54) is 0 Å². The van der Waals surface area contributed by atoms with Gasteiger partial charge in [-0.2, -0.15) is 5.10 Å². The van der Waals surface area contributed by atoms with Crippen LogP contribution in [-0.4, -0.2) is 29.3 Å². The minimum absolute atomic E-state index is 0.0760. The van der Waals surface area contributed by atoms with Crippen molar-refractivity contribution in [3.8, 4) is 16.9 Å². The zero-order chi connectivity index (χ0) is 14.3. The summed E-state index contributed by atoms with van der Waals surface area (Å²) in [5, 5.41) is 4.17. The van der Waals surface area contributed by atoms with Gasteiger partial charge in [0.25, 0.3) is 0 Å². The van der Waals surface area contributed by atoms with Crippen molar-refractivity contribution in [2.45, 2.75) is 6.92 Å². The molecule has 1 aliphatic heterocycles. The molecule has 3 rings (SSSR count). The van der Waals surface area contributed by atoms with E-state index in [1.807, 2.05) is 44.6 Å². The number of benzene rings is 1. The van der Waals surface area contributed by atoms with E-state index >= 15 is 0 Å². The number of fused-ring (bicyclic) bond motifs is 1. The minimum Gasteiger partial charge on any atom is -0.491 e. The Balaban J connectivity index is 2.06. The fraction of sp³-hybridized carbons (Fsp3) is 0.333. The number of hydrogen-bond donors (Lipinski definition) is 0. The predicted octanol–water partition coefficient (Wildman–Crippen LogP) is 2.08. The van der Waals surface area contributed by atoms with Crippen LogP contribution in [-0.2, 0) is 11.8 Å². The van der Waals surface area contributed by atoms with Crippen molar-refractivity contribution in [3.63, 3.8) is 0 Å². The second-order valence-corrected chi connectivity index (χ2v) is 5.19. The van der Waals surface area contributed by atoms with Crippen LogP contribution in [0, 0.1) is 5.92 Å². The van der Waals surface area contributed by atoms with Crippen LogP contribution in [0.15, 0.2) is 30.6 Å². The van der Waals surface area contributed by atoms with Gasteiger partial charge in [-0.05, 0) is 17.7 Å². The van der Waals surface area contributed by atoms with E-state index < -0.39 is 0 Å². The second kappa shape index (κ2) is 4.67. The van der Waals surface area contributed by atoms with Gasteiger partial charge < -0.3 is 9.64 Å². The number of carbonyl (C=O) groups excluding carboxylic acids is 1. The lowest BCUT2D eigenvalue weighted by Crippen LogP contribution is -2.31. The van der Waals surface area contributed by atoms with E-state index in [0.29, 0.717) is 6.61 Å². The maximum Gasteiger partial charge on any atom is 0.233 e. The molecule has 1 aromatic carbocycles. The Hall–Kier alpha value is -2.30. The van der Waals surface area contributed by atoms with Gasteiger partial charge in [0.15, 0.2) is 0 Å². The Kier molecular flexibility index (Phi) is 2.97. The summed E-state index contributed by atoms with van der Waals surface area (Å²) in [7, 11) is 3.67. The van der Waals surface area contributed by atoms with Crippen LogP contribution in [0.25, 0.3) is 11.1 Å². The maximum atomic E-state index is 12.2. The van der Waals surface area contributed by atoms with Crippen molar-refractivity contribution in [1.29, 1.82) is 0 Å². The van der Waals surface area contributed by atoms with Crippen LogP contribution < -0.4 is 9.64 Å². The number of rotatable bonds is 1. The van der Waals surface area contributed by atoms with Gasteiger partial charge in [0.05, 0.1) is 24.4 Å². The summed E-state index contributed by atoms with van der Waals surface area (Å²) in [5.74, 6) is 0.694. The number of hydrogen-bond acceptors (Lipinski definition) is 3. The molecule has 0 radical (unpaired) electrons. The lowest BCUT2D eigenvalue weighted by atomic mass is 10.1. The molecule has 20 heavy (non-hydrogen) atoms. The molecule has 1 aromatic heterocycles. The smallest absolute Gasteiger partial charge is 0.233 e. The molecule has 2 aromatic rings. The number of amides is 1. The van der Waals surface area contributed by atoms with Crippen molar-refractivity contribution >= 4 is 11.6 Å². The fourth-order valence-electron chi connectivity index (χ4n) is 2.39. The van der Waals surface area contributed by atoms with Gasteiger partial charge in [-0.25, -0.2) is 0 Å². The van der Waals surface area contributed by atoms with Crippen molar-refractivity contribution in [3.05, 3.63) is 30.6 Å². The first-order chi connectivity index (χ1) is 9.56. The zero-order valence-corrected chi connectivity index (χ0v) is 11.8. The number of nitrogens with zero attached hydrogens (tertiary/aromatic N) is 3. The van der Waals surface area contributed by atoms with Gasteiger partial charge in [-0.3, -0.25) is 9.48 Å². The normalized spacial score (nSPS) is 18.4. The number of ether oxygens (including phenoxy) is 1. The van der Waals surface area contributed by atoms with E-state index in [4.69, 9.17) is 4.74 Å². The van der Waals surface area contributed by atoms with Crippen LogP contribution in [0.4, 0.5) is 5.69 Å². The molecule has 2 heterocycles. The summed E-state index contributed by atoms with van der Waals surface area (Å²) in [5.41, 5.74) is 2.85. The first kappa shape index (κ1) is 12.7. The molecule has 0 N–H and O–H groups in total. The van der Waals surface area contributed by atoms with Crippen LogP contribution >= 0.6 is 0 Å². The average molecular weight is 271 g/mol. The maximum absolute atomic E-state index is 12.2. The Labute approximate surface area is 117 Å². The van der Waals surface area contributed by atoms with Gasteiger partial charge >= 0.3 is 0 Å². The number of aromatic nitrogens is 2. The standard InChI is InChI=1S/C15H17N3O2/c1-10-9-20-14-5-4-11(12-7-16-17(2)8-12)6-13(14)18(3)15(10)19/h4-8,10H,9H2,1-3H3/t10-/m0/s1. The Bertz CT molecular complexity index is 663. The molecule has 1 atom stereocenters. The fourth-order valence-corrected chi connectivity index (χ4v) is 2.39. The third-order valence-electron chi connectivity index (χ3n) is 3.60. The molecule has 1 amide bonds. The molecule has 0 saturated carbocycles. The highest BCUT2D eigenvalue weighted by Gasteiger charge is 2.26. The Morgan fingerprint density at radius 2 is 2.10 bits per heavy atom. The SMILES string of the molecule is C[C@H]1COc2ccc(-c3cnn(C)c3)cc2N(C)C1=O. The zero-order valence-electron chi connectivity index (χ0n) is 11.8. The molecule has 0 spiro atoms. The second-order valence-electron chi connectivity index (χ2n) is 5.19. The largest absolute Gasteiger partial charge is 0.491 e. The minimum atomic E-state index is -0.130. The lowest BCUT2D eigenvalue weighted by molar-refractivity contribution is -0.122. The van der Waals surface area contributed by atoms with Crippen molar-refractivity contribution < 1.29 is 9.53 Å². The van der Waals surface area contributed by atoms with E-state index in [2.05, 4.69) is 5.10 Å². The molecular weight excluding hydrogens is 254 g/mol.